The molecule has 1 atom stereocenters. The maximum atomic E-state index is 12.9. The van der Waals surface area contributed by atoms with E-state index in [1.165, 1.54) is 23.4 Å². The van der Waals surface area contributed by atoms with Crippen molar-refractivity contribution in [3.63, 3.8) is 0 Å². The molecule has 0 saturated heterocycles. The minimum atomic E-state index is -4.43. The first-order valence-corrected chi connectivity index (χ1v) is 7.50. The van der Waals surface area contributed by atoms with Crippen LogP contribution < -0.4 is 0 Å². The zero-order valence-electron chi connectivity index (χ0n) is 13.4. The van der Waals surface area contributed by atoms with Gasteiger partial charge in [0.2, 0.25) is 5.91 Å². The Morgan fingerprint density at radius 1 is 1.29 bits per heavy atom. The largest absolute Gasteiger partial charge is 0.416 e. The predicted octanol–water partition coefficient (Wildman–Crippen LogP) is 3.65. The van der Waals surface area contributed by atoms with Gasteiger partial charge in [-0.1, -0.05) is 25.1 Å². The Labute approximate surface area is 138 Å². The van der Waals surface area contributed by atoms with Crippen LogP contribution in [0, 0.1) is 0 Å². The summed E-state index contributed by atoms with van der Waals surface area (Å²) in [6.07, 6.45) is 0.587. The molecule has 0 saturated carbocycles. The molecule has 0 radical (unpaired) electrons. The van der Waals surface area contributed by atoms with Crippen LogP contribution in [0.3, 0.4) is 0 Å². The lowest BCUT2D eigenvalue weighted by molar-refractivity contribution is -0.138. The third-order valence-electron chi connectivity index (χ3n) is 3.71. The van der Waals surface area contributed by atoms with Crippen molar-refractivity contribution in [1.29, 1.82) is 0 Å². The summed E-state index contributed by atoms with van der Waals surface area (Å²) in [7, 11) is 1.60. The fraction of sp³-hybridized carbons (Fsp3) is 0.353. The maximum absolute atomic E-state index is 12.9. The van der Waals surface area contributed by atoms with Crippen molar-refractivity contribution < 1.29 is 18.0 Å². The Bertz CT molecular complexity index is 689. The molecule has 0 spiro atoms. The van der Waals surface area contributed by atoms with Crippen molar-refractivity contribution in [3.8, 4) is 0 Å². The number of aromatic nitrogens is 2. The first-order chi connectivity index (χ1) is 11.3. The molecule has 24 heavy (non-hydrogen) atoms. The summed E-state index contributed by atoms with van der Waals surface area (Å²) < 4.78 is 38.6. The zero-order chi connectivity index (χ0) is 17.7. The van der Waals surface area contributed by atoms with Crippen LogP contribution in [0.25, 0.3) is 0 Å². The minimum Gasteiger partial charge on any atom is -0.339 e. The maximum Gasteiger partial charge on any atom is 0.416 e. The van der Waals surface area contributed by atoms with Crippen molar-refractivity contribution in [2.24, 2.45) is 0 Å². The Morgan fingerprint density at radius 3 is 2.62 bits per heavy atom. The van der Waals surface area contributed by atoms with Crippen LogP contribution in [0.5, 0.6) is 0 Å². The first-order valence-electron chi connectivity index (χ1n) is 7.50. The summed E-state index contributed by atoms with van der Waals surface area (Å²) in [6, 6.07) is 4.93. The van der Waals surface area contributed by atoms with Gasteiger partial charge in [0.15, 0.2) is 0 Å². The van der Waals surface area contributed by atoms with E-state index in [0.717, 1.165) is 12.1 Å². The highest BCUT2D eigenvalue weighted by Gasteiger charge is 2.32. The summed E-state index contributed by atoms with van der Waals surface area (Å²) in [5.74, 6) is -0.878. The van der Waals surface area contributed by atoms with Gasteiger partial charge in [-0.3, -0.25) is 14.8 Å². The molecule has 2 aromatic rings. The van der Waals surface area contributed by atoms with E-state index in [1.807, 2.05) is 0 Å². The topological polar surface area (TPSA) is 46.1 Å². The molecule has 0 N–H and O–H groups in total. The van der Waals surface area contributed by atoms with Gasteiger partial charge in [0.25, 0.3) is 0 Å². The van der Waals surface area contributed by atoms with Crippen molar-refractivity contribution >= 4 is 5.91 Å². The molecule has 0 fully saturated rings. The van der Waals surface area contributed by atoms with Gasteiger partial charge in [0, 0.05) is 19.4 Å². The molecule has 128 valence electrons. The molecule has 4 nitrogen and oxygen atoms in total. The Hall–Kier alpha value is -2.44. The van der Waals surface area contributed by atoms with E-state index in [2.05, 4.69) is 9.97 Å². The molecular formula is C17H18F3N3O. The monoisotopic (exact) mass is 337 g/mol. The molecule has 1 aromatic carbocycles. The van der Waals surface area contributed by atoms with Gasteiger partial charge in [0.1, 0.15) is 0 Å². The van der Waals surface area contributed by atoms with Crippen molar-refractivity contribution in [1.82, 2.24) is 14.9 Å². The van der Waals surface area contributed by atoms with Crippen LogP contribution in [-0.4, -0.2) is 27.8 Å². The van der Waals surface area contributed by atoms with Crippen LogP contribution in [0.2, 0.25) is 0 Å². The molecular weight excluding hydrogens is 319 g/mol. The summed E-state index contributed by atoms with van der Waals surface area (Å²) in [5, 5.41) is 0. The third kappa shape index (κ3) is 4.31. The smallest absolute Gasteiger partial charge is 0.339 e. The SMILES string of the molecule is CCC(C(=O)N(C)Cc1cnccn1)c1cccc(C(F)(F)F)c1. The number of carbonyl (C=O) groups excluding carboxylic acids is 1. The van der Waals surface area contributed by atoms with E-state index < -0.39 is 17.7 Å². The van der Waals surface area contributed by atoms with Gasteiger partial charge in [-0.25, -0.2) is 0 Å². The zero-order valence-corrected chi connectivity index (χ0v) is 13.4. The van der Waals surface area contributed by atoms with Gasteiger partial charge in [-0.2, -0.15) is 13.2 Å². The van der Waals surface area contributed by atoms with Crippen molar-refractivity contribution in [2.45, 2.75) is 32.0 Å². The number of amides is 1. The van der Waals surface area contributed by atoms with Crippen LogP contribution >= 0.6 is 0 Å². The fourth-order valence-corrected chi connectivity index (χ4v) is 2.48. The number of hydrogen-bond donors (Lipinski definition) is 0. The lowest BCUT2D eigenvalue weighted by atomic mass is 9.93. The summed E-state index contributed by atoms with van der Waals surface area (Å²) >= 11 is 0. The van der Waals surface area contributed by atoms with Crippen LogP contribution in [0.1, 0.15) is 36.1 Å². The molecule has 0 bridgehead atoms. The molecule has 0 aliphatic rings. The van der Waals surface area contributed by atoms with Gasteiger partial charge in [0.05, 0.1) is 29.9 Å². The van der Waals surface area contributed by atoms with Crippen LogP contribution in [-0.2, 0) is 17.5 Å². The molecule has 2 rings (SSSR count). The van der Waals surface area contributed by atoms with E-state index in [-0.39, 0.29) is 12.5 Å². The molecule has 0 aliphatic heterocycles. The van der Waals surface area contributed by atoms with E-state index in [0.29, 0.717) is 17.7 Å². The average Bonchev–Trinajstić information content (AvgIpc) is 2.56. The van der Waals surface area contributed by atoms with E-state index in [9.17, 15) is 18.0 Å². The lowest BCUT2D eigenvalue weighted by Gasteiger charge is -2.23. The van der Waals surface area contributed by atoms with Crippen LogP contribution in [0.4, 0.5) is 13.2 Å². The van der Waals surface area contributed by atoms with E-state index >= 15 is 0 Å². The predicted molar refractivity (Wildman–Crippen MR) is 83.0 cm³/mol. The second kappa shape index (κ2) is 7.42. The number of rotatable bonds is 5. The number of likely N-dealkylation sites (N-methyl/N-ethyl adjacent to an activating group) is 1. The van der Waals surface area contributed by atoms with Crippen LogP contribution in [0.15, 0.2) is 42.9 Å². The normalized spacial score (nSPS) is 12.7. The van der Waals surface area contributed by atoms with Gasteiger partial charge < -0.3 is 4.90 Å². The highest BCUT2D eigenvalue weighted by Crippen LogP contribution is 2.32. The summed E-state index contributed by atoms with van der Waals surface area (Å²) in [6.45, 7) is 2.03. The van der Waals surface area contributed by atoms with Crippen molar-refractivity contribution in [3.05, 3.63) is 59.7 Å². The molecule has 1 aromatic heterocycles. The minimum absolute atomic E-state index is 0.248. The standard InChI is InChI=1S/C17H18F3N3O/c1-3-15(12-5-4-6-13(9-12)17(18,19)20)16(24)23(2)11-14-10-21-7-8-22-14/h4-10,15H,3,11H2,1-2H3. The first kappa shape index (κ1) is 17.9. The summed E-state index contributed by atoms with van der Waals surface area (Å²) in [4.78, 5) is 22.1. The number of hydrogen-bond acceptors (Lipinski definition) is 3. The molecule has 0 aliphatic carbocycles. The Balaban J connectivity index is 2.20. The number of benzene rings is 1. The van der Waals surface area contributed by atoms with Gasteiger partial charge >= 0.3 is 6.18 Å². The number of carbonyl (C=O) groups is 1. The number of nitrogens with zero attached hydrogens (tertiary/aromatic N) is 3. The van der Waals surface area contributed by atoms with Gasteiger partial charge in [-0.05, 0) is 18.1 Å². The second-order valence-corrected chi connectivity index (χ2v) is 5.48. The molecule has 7 heteroatoms. The molecule has 1 amide bonds. The lowest BCUT2D eigenvalue weighted by Crippen LogP contribution is -2.31. The average molecular weight is 337 g/mol. The van der Waals surface area contributed by atoms with E-state index in [4.69, 9.17) is 0 Å². The molecule has 1 heterocycles. The molecule has 1 unspecified atom stereocenters. The number of halogens is 3. The third-order valence-corrected chi connectivity index (χ3v) is 3.71. The quantitative estimate of drug-likeness (QED) is 0.837. The Morgan fingerprint density at radius 2 is 2.04 bits per heavy atom. The summed E-state index contributed by atoms with van der Waals surface area (Å²) in [5.41, 5.74) is 0.235. The Kier molecular flexibility index (Phi) is 5.54. The van der Waals surface area contributed by atoms with Crippen molar-refractivity contribution in [2.75, 3.05) is 7.05 Å². The second-order valence-electron chi connectivity index (χ2n) is 5.48. The highest BCUT2D eigenvalue weighted by molar-refractivity contribution is 5.83. The van der Waals surface area contributed by atoms with E-state index in [1.54, 1.807) is 26.2 Å². The number of alkyl halides is 3. The fourth-order valence-electron chi connectivity index (χ4n) is 2.48. The van der Waals surface area contributed by atoms with Gasteiger partial charge in [-0.15, -0.1) is 0 Å². The highest BCUT2D eigenvalue weighted by atomic mass is 19.4.